The van der Waals surface area contributed by atoms with Crippen molar-refractivity contribution in [3.63, 3.8) is 0 Å². The number of hydrogen-bond donors (Lipinski definition) is 0. The fourth-order valence-corrected chi connectivity index (χ4v) is 4.40. The van der Waals surface area contributed by atoms with Crippen LogP contribution in [-0.2, 0) is 16.6 Å². The lowest BCUT2D eigenvalue weighted by Gasteiger charge is -2.27. The van der Waals surface area contributed by atoms with Crippen molar-refractivity contribution < 1.29 is 8.42 Å². The molecule has 32 heavy (non-hydrogen) atoms. The van der Waals surface area contributed by atoms with Crippen molar-refractivity contribution >= 4 is 21.5 Å². The van der Waals surface area contributed by atoms with E-state index in [0.29, 0.717) is 12.4 Å². The van der Waals surface area contributed by atoms with Crippen LogP contribution >= 0.6 is 0 Å². The molecular weight excluding hydrogens is 416 g/mol. The smallest absolute Gasteiger partial charge is 0.284 e. The molecule has 0 aliphatic rings. The van der Waals surface area contributed by atoms with Gasteiger partial charge in [-0.25, -0.2) is 0 Å². The number of hydrogen-bond acceptors (Lipinski definition) is 2. The average molecular weight is 441 g/mol. The lowest BCUT2D eigenvalue weighted by Crippen LogP contribution is -2.32. The van der Waals surface area contributed by atoms with Crippen molar-refractivity contribution in [3.8, 4) is 0 Å². The third-order valence-corrected chi connectivity index (χ3v) is 6.35. The van der Waals surface area contributed by atoms with Gasteiger partial charge in [0.1, 0.15) is 0 Å². The van der Waals surface area contributed by atoms with E-state index in [9.17, 15) is 8.42 Å². The maximum atomic E-state index is 13.3. The van der Waals surface area contributed by atoms with Crippen LogP contribution < -0.4 is 4.90 Å². The highest BCUT2D eigenvalue weighted by molar-refractivity contribution is 7.90. The van der Waals surface area contributed by atoms with E-state index < -0.39 is 10.0 Å². The summed E-state index contributed by atoms with van der Waals surface area (Å²) >= 11 is 0. The molecule has 160 valence electrons. The summed E-state index contributed by atoms with van der Waals surface area (Å²) in [6, 6.07) is 35.9. The summed E-state index contributed by atoms with van der Waals surface area (Å²) in [4.78, 5) is 2.11. The van der Waals surface area contributed by atoms with Gasteiger partial charge in [-0.1, -0.05) is 96.6 Å². The molecule has 0 aliphatic carbocycles. The average Bonchev–Trinajstić information content (AvgIpc) is 2.83. The summed E-state index contributed by atoms with van der Waals surface area (Å²) in [5.41, 5.74) is 3.62. The maximum absolute atomic E-state index is 13.3. The van der Waals surface area contributed by atoms with Gasteiger partial charge >= 0.3 is 0 Å². The summed E-state index contributed by atoms with van der Waals surface area (Å²) in [5, 5.41) is 0. The molecule has 0 spiro atoms. The SMILES string of the molecule is Cc1ccc(S(=O)(=O)/N=C(/c2ccccc2)N(Cc2ccccc2)c2ccccc2)cc1. The lowest BCUT2D eigenvalue weighted by atomic mass is 10.1. The molecule has 4 rings (SSSR count). The minimum atomic E-state index is -3.92. The van der Waals surface area contributed by atoms with Crippen molar-refractivity contribution in [1.82, 2.24) is 0 Å². The zero-order valence-corrected chi connectivity index (χ0v) is 18.6. The standard InChI is InChI=1S/C27H24N2O2S/c1-22-17-19-26(20-18-22)32(30,31)28-27(24-13-7-3-8-14-24)29(25-15-9-4-10-16-25)21-23-11-5-2-6-12-23/h2-20H,21H2,1H3/b28-27-. The van der Waals surface area contributed by atoms with E-state index in [1.165, 1.54) is 0 Å². The fourth-order valence-electron chi connectivity index (χ4n) is 3.38. The van der Waals surface area contributed by atoms with E-state index >= 15 is 0 Å². The van der Waals surface area contributed by atoms with Gasteiger partial charge in [-0.3, -0.25) is 0 Å². The van der Waals surface area contributed by atoms with E-state index in [4.69, 9.17) is 0 Å². The molecule has 5 heteroatoms. The van der Waals surface area contributed by atoms with E-state index in [1.807, 2.05) is 103 Å². The molecule has 0 aliphatic heterocycles. The van der Waals surface area contributed by atoms with Gasteiger partial charge in [0.15, 0.2) is 5.84 Å². The van der Waals surface area contributed by atoms with Crippen LogP contribution in [0.4, 0.5) is 5.69 Å². The Labute approximate surface area is 189 Å². The Balaban J connectivity index is 1.88. The number of nitrogens with zero attached hydrogens (tertiary/aromatic N) is 2. The molecule has 0 fully saturated rings. The number of aryl methyl sites for hydroxylation is 1. The van der Waals surface area contributed by atoms with Gasteiger partial charge in [0, 0.05) is 17.8 Å². The summed E-state index contributed by atoms with van der Waals surface area (Å²) in [6.07, 6.45) is 0. The summed E-state index contributed by atoms with van der Waals surface area (Å²) in [5.74, 6) is 0.376. The minimum Gasteiger partial charge on any atom is -0.321 e. The zero-order valence-electron chi connectivity index (χ0n) is 17.8. The monoisotopic (exact) mass is 440 g/mol. The molecule has 0 N–H and O–H groups in total. The predicted molar refractivity (Wildman–Crippen MR) is 130 cm³/mol. The van der Waals surface area contributed by atoms with Crippen molar-refractivity contribution in [2.45, 2.75) is 18.4 Å². The summed E-state index contributed by atoms with van der Waals surface area (Å²) in [7, 11) is -3.92. The third-order valence-electron chi connectivity index (χ3n) is 5.06. The Morgan fingerprint density at radius 3 is 1.84 bits per heavy atom. The van der Waals surface area contributed by atoms with Crippen LogP contribution in [0.1, 0.15) is 16.7 Å². The first-order valence-electron chi connectivity index (χ1n) is 10.4. The van der Waals surface area contributed by atoms with Crippen molar-refractivity contribution in [3.05, 3.63) is 132 Å². The number of para-hydroxylation sites is 1. The quantitative estimate of drug-likeness (QED) is 0.280. The predicted octanol–water partition coefficient (Wildman–Crippen LogP) is 5.84. The second-order valence-electron chi connectivity index (χ2n) is 7.48. The van der Waals surface area contributed by atoms with E-state index in [-0.39, 0.29) is 4.90 Å². The second kappa shape index (κ2) is 9.62. The molecule has 0 atom stereocenters. The molecule has 0 unspecified atom stereocenters. The summed E-state index contributed by atoms with van der Waals surface area (Å²) in [6.45, 7) is 2.40. The van der Waals surface area contributed by atoms with Crippen molar-refractivity contribution in [2.75, 3.05) is 4.90 Å². The Morgan fingerprint density at radius 1 is 0.719 bits per heavy atom. The van der Waals surface area contributed by atoms with Crippen molar-refractivity contribution in [2.24, 2.45) is 4.40 Å². The largest absolute Gasteiger partial charge is 0.321 e. The number of amidine groups is 1. The molecule has 0 radical (unpaired) electrons. The highest BCUT2D eigenvalue weighted by Crippen LogP contribution is 2.23. The highest BCUT2D eigenvalue weighted by atomic mass is 32.2. The number of anilines is 1. The van der Waals surface area contributed by atoms with Crippen LogP contribution in [-0.4, -0.2) is 14.3 Å². The molecule has 0 heterocycles. The first-order chi connectivity index (χ1) is 15.5. The van der Waals surface area contributed by atoms with Crippen LogP contribution in [0.15, 0.2) is 125 Å². The number of sulfonamides is 1. The van der Waals surface area contributed by atoms with Crippen LogP contribution in [0.3, 0.4) is 0 Å². The third kappa shape index (κ3) is 5.13. The Kier molecular flexibility index (Phi) is 6.47. The molecule has 0 bridgehead atoms. The fraction of sp³-hybridized carbons (Fsp3) is 0.0741. The molecule has 4 aromatic carbocycles. The second-order valence-corrected chi connectivity index (χ2v) is 9.08. The Bertz CT molecular complexity index is 1290. The van der Waals surface area contributed by atoms with E-state index in [1.54, 1.807) is 24.3 Å². The van der Waals surface area contributed by atoms with Gasteiger partial charge in [0.2, 0.25) is 0 Å². The number of benzene rings is 4. The van der Waals surface area contributed by atoms with Gasteiger partial charge in [0.25, 0.3) is 10.0 Å². The van der Waals surface area contributed by atoms with Crippen LogP contribution in [0.5, 0.6) is 0 Å². The molecule has 0 aromatic heterocycles. The molecular formula is C27H24N2O2S. The van der Waals surface area contributed by atoms with E-state index in [0.717, 1.165) is 22.4 Å². The lowest BCUT2D eigenvalue weighted by molar-refractivity contribution is 0.598. The molecule has 0 saturated carbocycles. The Morgan fingerprint density at radius 2 is 1.25 bits per heavy atom. The zero-order chi connectivity index (χ0) is 22.4. The first kappa shape index (κ1) is 21.5. The normalized spacial score (nSPS) is 11.8. The van der Waals surface area contributed by atoms with Crippen LogP contribution in [0.2, 0.25) is 0 Å². The Hall–Kier alpha value is -3.70. The van der Waals surface area contributed by atoms with Crippen LogP contribution in [0.25, 0.3) is 0 Å². The number of rotatable bonds is 6. The van der Waals surface area contributed by atoms with Gasteiger partial charge in [-0.15, -0.1) is 4.40 Å². The molecule has 0 amide bonds. The molecule has 0 saturated heterocycles. The van der Waals surface area contributed by atoms with Gasteiger partial charge in [0.05, 0.1) is 4.90 Å². The first-order valence-corrected chi connectivity index (χ1v) is 11.8. The van der Waals surface area contributed by atoms with Crippen molar-refractivity contribution in [1.29, 1.82) is 0 Å². The topological polar surface area (TPSA) is 49.7 Å². The van der Waals surface area contributed by atoms with Crippen LogP contribution in [0, 0.1) is 6.92 Å². The maximum Gasteiger partial charge on any atom is 0.284 e. The van der Waals surface area contributed by atoms with E-state index in [2.05, 4.69) is 4.40 Å². The minimum absolute atomic E-state index is 0.171. The van der Waals surface area contributed by atoms with Gasteiger partial charge in [-0.2, -0.15) is 8.42 Å². The highest BCUT2D eigenvalue weighted by Gasteiger charge is 2.21. The van der Waals surface area contributed by atoms with Gasteiger partial charge in [-0.05, 0) is 36.8 Å². The van der Waals surface area contributed by atoms with Gasteiger partial charge < -0.3 is 4.90 Å². The molecule has 4 aromatic rings. The summed E-state index contributed by atoms with van der Waals surface area (Å²) < 4.78 is 31.0. The molecule has 4 nitrogen and oxygen atoms in total.